The first kappa shape index (κ1) is 10.0. The Hall–Kier alpha value is -0.0400. The van der Waals surface area contributed by atoms with Crippen molar-refractivity contribution in [3.8, 4) is 0 Å². The van der Waals surface area contributed by atoms with Gasteiger partial charge in [0.1, 0.15) is 0 Å². The lowest BCUT2D eigenvalue weighted by Crippen LogP contribution is -2.27. The van der Waals surface area contributed by atoms with E-state index >= 15 is 0 Å². The summed E-state index contributed by atoms with van der Waals surface area (Å²) in [5, 5.41) is 0. The van der Waals surface area contributed by atoms with Crippen LogP contribution in [-0.2, 0) is 0 Å². The van der Waals surface area contributed by atoms with E-state index < -0.39 is 0 Å². The maximum Gasteiger partial charge on any atom is 0.00440 e. The van der Waals surface area contributed by atoms with Gasteiger partial charge in [0.25, 0.3) is 0 Å². The SMILES string of the molecule is CCC[C@]1(C)CCCC[C@H](N)C1. The summed E-state index contributed by atoms with van der Waals surface area (Å²) in [6, 6.07) is 0.476. The van der Waals surface area contributed by atoms with Crippen LogP contribution in [0.4, 0.5) is 0 Å². The van der Waals surface area contributed by atoms with Gasteiger partial charge >= 0.3 is 0 Å². The van der Waals surface area contributed by atoms with Crippen LogP contribution in [0.5, 0.6) is 0 Å². The molecule has 2 atom stereocenters. The van der Waals surface area contributed by atoms with E-state index in [2.05, 4.69) is 13.8 Å². The van der Waals surface area contributed by atoms with E-state index in [1.807, 2.05) is 0 Å². The van der Waals surface area contributed by atoms with Crippen LogP contribution in [0.2, 0.25) is 0 Å². The molecular formula is C11H23N. The van der Waals surface area contributed by atoms with Gasteiger partial charge in [0, 0.05) is 6.04 Å². The molecular weight excluding hydrogens is 146 g/mol. The second kappa shape index (κ2) is 4.27. The van der Waals surface area contributed by atoms with Crippen LogP contribution in [0, 0.1) is 5.41 Å². The minimum absolute atomic E-state index is 0.476. The lowest BCUT2D eigenvalue weighted by atomic mass is 9.78. The minimum Gasteiger partial charge on any atom is -0.328 e. The Morgan fingerprint density at radius 3 is 2.83 bits per heavy atom. The van der Waals surface area contributed by atoms with E-state index in [1.54, 1.807) is 0 Å². The van der Waals surface area contributed by atoms with Gasteiger partial charge in [0.15, 0.2) is 0 Å². The van der Waals surface area contributed by atoms with Gasteiger partial charge in [0.2, 0.25) is 0 Å². The van der Waals surface area contributed by atoms with E-state index in [0.29, 0.717) is 11.5 Å². The third-order valence-electron chi connectivity index (χ3n) is 3.21. The molecule has 0 aromatic heterocycles. The smallest absolute Gasteiger partial charge is 0.00440 e. The summed E-state index contributed by atoms with van der Waals surface area (Å²) in [6.07, 6.45) is 9.31. The van der Waals surface area contributed by atoms with E-state index in [9.17, 15) is 0 Å². The molecule has 1 nitrogen and oxygen atoms in total. The fraction of sp³-hybridized carbons (Fsp3) is 1.00. The van der Waals surface area contributed by atoms with Gasteiger partial charge < -0.3 is 5.73 Å². The Balaban J connectivity index is 2.49. The predicted molar refractivity (Wildman–Crippen MR) is 54.1 cm³/mol. The molecule has 0 unspecified atom stereocenters. The lowest BCUT2D eigenvalue weighted by molar-refractivity contribution is 0.240. The summed E-state index contributed by atoms with van der Waals surface area (Å²) in [7, 11) is 0. The Morgan fingerprint density at radius 2 is 2.17 bits per heavy atom. The maximum atomic E-state index is 6.04. The van der Waals surface area contributed by atoms with E-state index in [1.165, 1.54) is 44.9 Å². The van der Waals surface area contributed by atoms with Crippen LogP contribution in [0.3, 0.4) is 0 Å². The first-order chi connectivity index (χ1) is 5.66. The van der Waals surface area contributed by atoms with Crippen molar-refractivity contribution in [2.24, 2.45) is 11.1 Å². The second-order valence-electron chi connectivity index (χ2n) is 4.77. The molecule has 12 heavy (non-hydrogen) atoms. The van der Waals surface area contributed by atoms with Gasteiger partial charge in [-0.15, -0.1) is 0 Å². The first-order valence-corrected chi connectivity index (χ1v) is 5.42. The van der Waals surface area contributed by atoms with Gasteiger partial charge in [0.05, 0.1) is 0 Å². The Kier molecular flexibility index (Phi) is 3.57. The van der Waals surface area contributed by atoms with Crippen molar-refractivity contribution in [1.29, 1.82) is 0 Å². The van der Waals surface area contributed by atoms with E-state index in [-0.39, 0.29) is 0 Å². The van der Waals surface area contributed by atoms with Crippen molar-refractivity contribution < 1.29 is 0 Å². The molecule has 2 N–H and O–H groups in total. The Bertz CT molecular complexity index is 133. The molecule has 1 rings (SSSR count). The molecule has 0 aromatic carbocycles. The molecule has 0 saturated heterocycles. The zero-order valence-corrected chi connectivity index (χ0v) is 8.60. The molecule has 1 aliphatic rings. The highest BCUT2D eigenvalue weighted by Crippen LogP contribution is 2.37. The standard InChI is InChI=1S/C11H23N/c1-3-7-11(2)8-5-4-6-10(12)9-11/h10H,3-9,12H2,1-2H3/t10-,11+/m0/s1. The number of hydrogen-bond donors (Lipinski definition) is 1. The third kappa shape index (κ3) is 2.78. The average molecular weight is 169 g/mol. The molecule has 0 aliphatic heterocycles. The molecule has 0 aromatic rings. The summed E-state index contributed by atoms with van der Waals surface area (Å²) in [5.41, 5.74) is 6.60. The van der Waals surface area contributed by atoms with Crippen LogP contribution < -0.4 is 5.73 Å². The van der Waals surface area contributed by atoms with Crippen LogP contribution in [0.1, 0.15) is 58.8 Å². The van der Waals surface area contributed by atoms with Gasteiger partial charge in [-0.25, -0.2) is 0 Å². The van der Waals surface area contributed by atoms with Gasteiger partial charge in [-0.1, -0.05) is 33.1 Å². The molecule has 0 bridgehead atoms. The summed E-state index contributed by atoms with van der Waals surface area (Å²) in [6.45, 7) is 4.70. The topological polar surface area (TPSA) is 26.0 Å². The second-order valence-corrected chi connectivity index (χ2v) is 4.77. The minimum atomic E-state index is 0.476. The van der Waals surface area contributed by atoms with Crippen LogP contribution >= 0.6 is 0 Å². The van der Waals surface area contributed by atoms with Crippen LogP contribution in [0.25, 0.3) is 0 Å². The average Bonchev–Trinajstić information content (AvgIpc) is 2.12. The summed E-state index contributed by atoms with van der Waals surface area (Å²) >= 11 is 0. The molecule has 1 saturated carbocycles. The molecule has 72 valence electrons. The van der Waals surface area contributed by atoms with Crippen molar-refractivity contribution >= 4 is 0 Å². The van der Waals surface area contributed by atoms with Crippen LogP contribution in [0.15, 0.2) is 0 Å². The zero-order chi connectivity index (χ0) is 9.03. The quantitative estimate of drug-likeness (QED) is 0.632. The molecule has 0 heterocycles. The Labute approximate surface area is 76.7 Å². The molecule has 0 spiro atoms. The Morgan fingerprint density at radius 1 is 1.42 bits per heavy atom. The molecule has 0 amide bonds. The largest absolute Gasteiger partial charge is 0.328 e. The molecule has 1 heteroatoms. The highest BCUT2D eigenvalue weighted by molar-refractivity contribution is 4.82. The fourth-order valence-electron chi connectivity index (χ4n) is 2.63. The highest BCUT2D eigenvalue weighted by Gasteiger charge is 2.27. The predicted octanol–water partition coefficient (Wildman–Crippen LogP) is 3.08. The van der Waals surface area contributed by atoms with Crippen molar-refractivity contribution in [3.05, 3.63) is 0 Å². The van der Waals surface area contributed by atoms with Gasteiger partial charge in [-0.05, 0) is 31.1 Å². The number of rotatable bonds is 2. The summed E-state index contributed by atoms with van der Waals surface area (Å²) < 4.78 is 0. The monoisotopic (exact) mass is 169 g/mol. The number of nitrogens with two attached hydrogens (primary N) is 1. The molecule has 0 radical (unpaired) electrons. The first-order valence-electron chi connectivity index (χ1n) is 5.42. The van der Waals surface area contributed by atoms with Crippen LogP contribution in [-0.4, -0.2) is 6.04 Å². The third-order valence-corrected chi connectivity index (χ3v) is 3.21. The molecule has 1 fully saturated rings. The normalized spacial score (nSPS) is 37.8. The van der Waals surface area contributed by atoms with Gasteiger partial charge in [-0.2, -0.15) is 0 Å². The maximum absolute atomic E-state index is 6.04. The lowest BCUT2D eigenvalue weighted by Gasteiger charge is -2.29. The van der Waals surface area contributed by atoms with Crippen molar-refractivity contribution in [2.45, 2.75) is 64.8 Å². The number of hydrogen-bond acceptors (Lipinski definition) is 1. The van der Waals surface area contributed by atoms with Gasteiger partial charge in [-0.3, -0.25) is 0 Å². The molecule has 1 aliphatic carbocycles. The zero-order valence-electron chi connectivity index (χ0n) is 8.60. The fourth-order valence-corrected chi connectivity index (χ4v) is 2.63. The van der Waals surface area contributed by atoms with E-state index in [4.69, 9.17) is 5.73 Å². The summed E-state index contributed by atoms with van der Waals surface area (Å²) in [5.74, 6) is 0. The van der Waals surface area contributed by atoms with Crippen molar-refractivity contribution in [2.75, 3.05) is 0 Å². The summed E-state index contributed by atoms with van der Waals surface area (Å²) in [4.78, 5) is 0. The van der Waals surface area contributed by atoms with E-state index in [0.717, 1.165) is 0 Å². The highest BCUT2D eigenvalue weighted by atomic mass is 14.6. The van der Waals surface area contributed by atoms with Crippen molar-refractivity contribution in [3.63, 3.8) is 0 Å². The van der Waals surface area contributed by atoms with Crippen molar-refractivity contribution in [1.82, 2.24) is 0 Å².